The highest BCUT2D eigenvalue weighted by molar-refractivity contribution is 8.13. The Balaban J connectivity index is 1.64. The van der Waals surface area contributed by atoms with Crippen LogP contribution in [-0.2, 0) is 5.54 Å². The second kappa shape index (κ2) is 6.48. The number of anilines is 1. The highest BCUT2D eigenvalue weighted by Gasteiger charge is 2.46. The van der Waals surface area contributed by atoms with E-state index in [0.717, 1.165) is 29.8 Å². The van der Waals surface area contributed by atoms with Gasteiger partial charge in [-0.3, -0.25) is 14.8 Å². The molecule has 25 heavy (non-hydrogen) atoms. The van der Waals surface area contributed by atoms with E-state index < -0.39 is 0 Å². The molecule has 1 unspecified atom stereocenters. The Morgan fingerprint density at radius 3 is 3.12 bits per heavy atom. The number of aliphatic imine (C=N–C) groups is 1. The van der Waals surface area contributed by atoms with Crippen LogP contribution in [0.4, 0.5) is 5.69 Å². The average Bonchev–Trinajstić information content (AvgIpc) is 3.07. The number of benzene rings is 1. The lowest BCUT2D eigenvalue weighted by atomic mass is 9.81. The van der Waals surface area contributed by atoms with E-state index in [2.05, 4.69) is 21.4 Å². The van der Waals surface area contributed by atoms with Gasteiger partial charge in [0.05, 0.1) is 11.7 Å². The number of amides is 1. The van der Waals surface area contributed by atoms with Gasteiger partial charge in [-0.05, 0) is 36.5 Å². The summed E-state index contributed by atoms with van der Waals surface area (Å²) in [6, 6.07) is 7.94. The minimum Gasteiger partial charge on any atom is -0.379 e. The fourth-order valence-electron chi connectivity index (χ4n) is 3.77. The topological polar surface area (TPSA) is 93.3 Å². The van der Waals surface area contributed by atoms with Crippen molar-refractivity contribution in [1.29, 1.82) is 0 Å². The van der Waals surface area contributed by atoms with Gasteiger partial charge in [-0.1, -0.05) is 30.3 Å². The van der Waals surface area contributed by atoms with Crippen molar-refractivity contribution in [2.45, 2.75) is 24.8 Å². The van der Waals surface area contributed by atoms with Crippen molar-refractivity contribution >= 4 is 28.5 Å². The summed E-state index contributed by atoms with van der Waals surface area (Å²) in [5, 5.41) is 3.56. The number of hydrogen-bond acceptors (Lipinski definition) is 6. The lowest BCUT2D eigenvalue weighted by Crippen LogP contribution is -2.36. The molecule has 1 aromatic heterocycles. The van der Waals surface area contributed by atoms with Crippen LogP contribution in [0.25, 0.3) is 0 Å². The summed E-state index contributed by atoms with van der Waals surface area (Å²) in [7, 11) is 0. The zero-order valence-corrected chi connectivity index (χ0v) is 14.5. The van der Waals surface area contributed by atoms with Crippen LogP contribution >= 0.6 is 11.8 Å². The number of aromatic nitrogens is 2. The van der Waals surface area contributed by atoms with Crippen LogP contribution in [0.3, 0.4) is 0 Å². The molecule has 6 nitrogen and oxygen atoms in total. The molecule has 7 heteroatoms. The third kappa shape index (κ3) is 3.00. The number of carbonyl (C=O) groups excluding carboxylic acids is 1. The van der Waals surface area contributed by atoms with Crippen molar-refractivity contribution in [2.24, 2.45) is 16.6 Å². The van der Waals surface area contributed by atoms with Crippen molar-refractivity contribution in [3.63, 3.8) is 0 Å². The standard InChI is InChI=1S/C18H19N5OS/c19-17-23-18(6-2-4-13(18)11-25-17)12-3-1-5-14(9-12)22-16(24)15-10-20-7-8-21-15/h1,3,5,7-10,13H,2,4,6,11H2,(H2,19,23)(H,22,24)/t13?,18-/m1/s1. The maximum absolute atomic E-state index is 12.3. The van der Waals surface area contributed by atoms with Crippen LogP contribution in [0, 0.1) is 5.92 Å². The number of carbonyl (C=O) groups is 1. The Bertz CT molecular complexity index is 825. The molecule has 0 bridgehead atoms. The van der Waals surface area contributed by atoms with Gasteiger partial charge in [-0.25, -0.2) is 4.98 Å². The predicted molar refractivity (Wildman–Crippen MR) is 99.5 cm³/mol. The summed E-state index contributed by atoms with van der Waals surface area (Å²) in [6.45, 7) is 0. The van der Waals surface area contributed by atoms with Crippen molar-refractivity contribution < 1.29 is 4.79 Å². The van der Waals surface area contributed by atoms with Crippen molar-refractivity contribution in [1.82, 2.24) is 9.97 Å². The Kier molecular flexibility index (Phi) is 4.17. The van der Waals surface area contributed by atoms with Gasteiger partial charge < -0.3 is 11.1 Å². The molecule has 2 atom stereocenters. The van der Waals surface area contributed by atoms with E-state index in [0.29, 0.717) is 16.8 Å². The molecule has 1 aromatic carbocycles. The molecule has 2 aliphatic rings. The van der Waals surface area contributed by atoms with Crippen LogP contribution < -0.4 is 11.1 Å². The highest BCUT2D eigenvalue weighted by atomic mass is 32.2. The maximum atomic E-state index is 12.3. The molecule has 1 aliphatic heterocycles. The van der Waals surface area contributed by atoms with E-state index in [9.17, 15) is 4.79 Å². The number of nitrogens with one attached hydrogen (secondary N) is 1. The van der Waals surface area contributed by atoms with Crippen molar-refractivity contribution in [3.05, 3.63) is 54.1 Å². The Morgan fingerprint density at radius 2 is 2.28 bits per heavy atom. The quantitative estimate of drug-likeness (QED) is 0.885. The van der Waals surface area contributed by atoms with E-state index in [1.54, 1.807) is 18.0 Å². The number of thioether (sulfide) groups is 1. The van der Waals surface area contributed by atoms with Crippen LogP contribution in [0.15, 0.2) is 47.8 Å². The van der Waals surface area contributed by atoms with E-state index in [-0.39, 0.29) is 11.4 Å². The molecular formula is C18H19N5OS. The van der Waals surface area contributed by atoms with E-state index >= 15 is 0 Å². The third-order valence-corrected chi connectivity index (χ3v) is 5.90. The summed E-state index contributed by atoms with van der Waals surface area (Å²) in [5.74, 6) is 1.23. The van der Waals surface area contributed by atoms with Crippen LogP contribution in [0.1, 0.15) is 35.3 Å². The van der Waals surface area contributed by atoms with Gasteiger partial charge in [0.1, 0.15) is 5.69 Å². The molecule has 2 aromatic rings. The van der Waals surface area contributed by atoms with Gasteiger partial charge in [-0.15, -0.1) is 0 Å². The minimum absolute atomic E-state index is 0.247. The third-order valence-electron chi connectivity index (χ3n) is 4.94. The second-order valence-electron chi connectivity index (χ2n) is 6.40. The molecule has 1 saturated carbocycles. The number of nitrogens with two attached hydrogens (primary N) is 1. The van der Waals surface area contributed by atoms with Crippen LogP contribution in [-0.4, -0.2) is 26.8 Å². The monoisotopic (exact) mass is 353 g/mol. The normalized spacial score (nSPS) is 25.1. The lowest BCUT2D eigenvalue weighted by molar-refractivity contribution is 0.102. The van der Waals surface area contributed by atoms with E-state index in [1.165, 1.54) is 18.8 Å². The SMILES string of the molecule is NC1=N[C@@]2(c3cccc(NC(=O)c4cnccn4)c3)CCCC2CS1. The van der Waals surface area contributed by atoms with Gasteiger partial charge in [-0.2, -0.15) is 0 Å². The molecule has 1 amide bonds. The Labute approximate surface area is 150 Å². The second-order valence-corrected chi connectivity index (χ2v) is 7.44. The largest absolute Gasteiger partial charge is 0.379 e. The predicted octanol–water partition coefficient (Wildman–Crippen LogP) is 2.79. The van der Waals surface area contributed by atoms with Gasteiger partial charge in [0.25, 0.3) is 5.91 Å². The van der Waals surface area contributed by atoms with Crippen molar-refractivity contribution in [2.75, 3.05) is 11.1 Å². The molecule has 2 heterocycles. The Hall–Kier alpha value is -2.41. The molecule has 1 aliphatic carbocycles. The first-order valence-corrected chi connectivity index (χ1v) is 9.32. The first-order valence-electron chi connectivity index (χ1n) is 8.33. The summed E-state index contributed by atoms with van der Waals surface area (Å²) < 4.78 is 0. The van der Waals surface area contributed by atoms with Crippen LogP contribution in [0.5, 0.6) is 0 Å². The summed E-state index contributed by atoms with van der Waals surface area (Å²) in [6.07, 6.45) is 7.82. The summed E-state index contributed by atoms with van der Waals surface area (Å²) in [5.41, 5.74) is 7.94. The first-order chi connectivity index (χ1) is 12.2. The average molecular weight is 353 g/mol. The number of hydrogen-bond donors (Lipinski definition) is 2. The molecule has 3 N–H and O–H groups in total. The summed E-state index contributed by atoms with van der Waals surface area (Å²) in [4.78, 5) is 25.1. The number of nitrogens with zero attached hydrogens (tertiary/aromatic N) is 3. The molecule has 0 spiro atoms. The summed E-state index contributed by atoms with van der Waals surface area (Å²) >= 11 is 1.64. The van der Waals surface area contributed by atoms with Crippen LogP contribution in [0.2, 0.25) is 0 Å². The number of fused-ring (bicyclic) bond motifs is 1. The van der Waals surface area contributed by atoms with E-state index in [4.69, 9.17) is 10.7 Å². The minimum atomic E-state index is -0.270. The number of amidine groups is 1. The Morgan fingerprint density at radius 1 is 1.36 bits per heavy atom. The lowest BCUT2D eigenvalue weighted by Gasteiger charge is -2.36. The molecule has 128 valence electrons. The molecule has 0 saturated heterocycles. The first kappa shape index (κ1) is 16.1. The van der Waals surface area contributed by atoms with E-state index in [1.807, 2.05) is 18.2 Å². The van der Waals surface area contributed by atoms with Gasteiger partial charge in [0.2, 0.25) is 0 Å². The zero-order chi connectivity index (χ0) is 17.3. The molecule has 1 fully saturated rings. The van der Waals surface area contributed by atoms with Gasteiger partial charge >= 0.3 is 0 Å². The number of rotatable bonds is 3. The maximum Gasteiger partial charge on any atom is 0.275 e. The van der Waals surface area contributed by atoms with Gasteiger partial charge in [0.15, 0.2) is 5.17 Å². The fraction of sp³-hybridized carbons (Fsp3) is 0.333. The van der Waals surface area contributed by atoms with Crippen molar-refractivity contribution in [3.8, 4) is 0 Å². The fourth-order valence-corrected chi connectivity index (χ4v) is 4.81. The van der Waals surface area contributed by atoms with Gasteiger partial charge in [0, 0.05) is 23.8 Å². The molecule has 0 radical (unpaired) electrons. The molecular weight excluding hydrogens is 334 g/mol. The highest BCUT2D eigenvalue weighted by Crippen LogP contribution is 2.50. The smallest absolute Gasteiger partial charge is 0.275 e. The molecule has 4 rings (SSSR count). The zero-order valence-electron chi connectivity index (χ0n) is 13.7.